The van der Waals surface area contributed by atoms with Gasteiger partial charge in [-0.1, -0.05) is 31.2 Å². The maximum absolute atomic E-state index is 9.31. The SMILES string of the molecule is CC(CN)c1ccc(C2(CO)CC2)cc1. The highest BCUT2D eigenvalue weighted by molar-refractivity contribution is 5.34. The molecule has 0 heterocycles. The number of aliphatic hydroxyl groups excluding tert-OH is 1. The highest BCUT2D eigenvalue weighted by Crippen LogP contribution is 2.47. The molecule has 0 amide bonds. The largest absolute Gasteiger partial charge is 0.395 e. The van der Waals surface area contributed by atoms with Crippen molar-refractivity contribution in [2.75, 3.05) is 13.2 Å². The molecule has 0 aromatic heterocycles. The molecule has 82 valence electrons. The van der Waals surface area contributed by atoms with E-state index >= 15 is 0 Å². The lowest BCUT2D eigenvalue weighted by molar-refractivity contribution is 0.255. The summed E-state index contributed by atoms with van der Waals surface area (Å²) < 4.78 is 0. The molecule has 1 atom stereocenters. The fraction of sp³-hybridized carbons (Fsp3) is 0.538. The van der Waals surface area contributed by atoms with Crippen LogP contribution in [0.1, 0.15) is 36.8 Å². The summed E-state index contributed by atoms with van der Waals surface area (Å²) in [6, 6.07) is 8.57. The molecule has 2 rings (SSSR count). The third-order valence-electron chi connectivity index (χ3n) is 3.60. The molecule has 1 aromatic rings. The van der Waals surface area contributed by atoms with Crippen LogP contribution in [0.25, 0.3) is 0 Å². The van der Waals surface area contributed by atoms with Crippen molar-refractivity contribution >= 4 is 0 Å². The number of hydrogen-bond acceptors (Lipinski definition) is 2. The lowest BCUT2D eigenvalue weighted by Gasteiger charge is -2.14. The Bertz CT molecular complexity index is 327. The minimum atomic E-state index is 0.0878. The normalized spacial score (nSPS) is 19.9. The van der Waals surface area contributed by atoms with Gasteiger partial charge in [0.15, 0.2) is 0 Å². The second-order valence-corrected chi connectivity index (χ2v) is 4.70. The summed E-state index contributed by atoms with van der Waals surface area (Å²) >= 11 is 0. The van der Waals surface area contributed by atoms with E-state index in [1.807, 2.05) is 0 Å². The molecular weight excluding hydrogens is 186 g/mol. The van der Waals surface area contributed by atoms with Crippen LogP contribution in [-0.2, 0) is 5.41 Å². The van der Waals surface area contributed by atoms with Crippen LogP contribution in [0.5, 0.6) is 0 Å². The van der Waals surface area contributed by atoms with E-state index in [4.69, 9.17) is 5.73 Å². The van der Waals surface area contributed by atoms with E-state index in [1.165, 1.54) is 11.1 Å². The molecule has 0 bridgehead atoms. The van der Waals surface area contributed by atoms with Gasteiger partial charge in [0.25, 0.3) is 0 Å². The van der Waals surface area contributed by atoms with Crippen molar-refractivity contribution < 1.29 is 5.11 Å². The van der Waals surface area contributed by atoms with E-state index in [9.17, 15) is 5.11 Å². The quantitative estimate of drug-likeness (QED) is 0.787. The Kier molecular flexibility index (Phi) is 2.81. The molecule has 0 spiro atoms. The lowest BCUT2D eigenvalue weighted by Crippen LogP contribution is -2.13. The first-order chi connectivity index (χ1) is 7.22. The Morgan fingerprint density at radius 3 is 2.33 bits per heavy atom. The molecule has 0 radical (unpaired) electrons. The minimum absolute atomic E-state index is 0.0878. The Morgan fingerprint density at radius 1 is 1.33 bits per heavy atom. The van der Waals surface area contributed by atoms with Crippen LogP contribution < -0.4 is 5.73 Å². The molecule has 0 aliphatic heterocycles. The van der Waals surface area contributed by atoms with Crippen molar-refractivity contribution in [3.05, 3.63) is 35.4 Å². The van der Waals surface area contributed by atoms with E-state index in [0.29, 0.717) is 12.5 Å². The topological polar surface area (TPSA) is 46.2 Å². The minimum Gasteiger partial charge on any atom is -0.395 e. The predicted octanol–water partition coefficient (Wildman–Crippen LogP) is 1.77. The van der Waals surface area contributed by atoms with Crippen LogP contribution in [-0.4, -0.2) is 18.3 Å². The number of nitrogens with two attached hydrogens (primary N) is 1. The average Bonchev–Trinajstić information content (AvgIpc) is 3.09. The second kappa shape index (κ2) is 3.95. The van der Waals surface area contributed by atoms with Gasteiger partial charge in [-0.05, 0) is 36.4 Å². The number of aliphatic hydroxyl groups is 1. The van der Waals surface area contributed by atoms with Gasteiger partial charge in [0.05, 0.1) is 6.61 Å². The Labute approximate surface area is 91.1 Å². The van der Waals surface area contributed by atoms with E-state index in [-0.39, 0.29) is 12.0 Å². The van der Waals surface area contributed by atoms with Gasteiger partial charge in [-0.25, -0.2) is 0 Å². The van der Waals surface area contributed by atoms with E-state index in [2.05, 4.69) is 31.2 Å². The zero-order chi connectivity index (χ0) is 10.9. The van der Waals surface area contributed by atoms with Crippen LogP contribution in [0.2, 0.25) is 0 Å². The standard InChI is InChI=1S/C13H19NO/c1-10(8-14)11-2-4-12(5-3-11)13(9-15)6-7-13/h2-5,10,15H,6-9,14H2,1H3. The van der Waals surface area contributed by atoms with Crippen molar-refractivity contribution in [2.45, 2.75) is 31.1 Å². The molecule has 1 aliphatic carbocycles. The summed E-state index contributed by atoms with van der Waals surface area (Å²) in [6.45, 7) is 3.09. The highest BCUT2D eigenvalue weighted by Gasteiger charge is 2.43. The molecule has 1 unspecified atom stereocenters. The first kappa shape index (κ1) is 10.7. The fourth-order valence-corrected chi connectivity index (χ4v) is 1.99. The van der Waals surface area contributed by atoms with Crippen molar-refractivity contribution in [3.8, 4) is 0 Å². The summed E-state index contributed by atoms with van der Waals surface area (Å²) in [7, 11) is 0. The lowest BCUT2D eigenvalue weighted by atomic mass is 9.93. The van der Waals surface area contributed by atoms with Crippen LogP contribution >= 0.6 is 0 Å². The van der Waals surface area contributed by atoms with Crippen molar-refractivity contribution in [1.82, 2.24) is 0 Å². The highest BCUT2D eigenvalue weighted by atomic mass is 16.3. The summed E-state index contributed by atoms with van der Waals surface area (Å²) in [4.78, 5) is 0. The van der Waals surface area contributed by atoms with Crippen LogP contribution in [0.4, 0.5) is 0 Å². The van der Waals surface area contributed by atoms with Gasteiger partial charge in [0, 0.05) is 5.41 Å². The van der Waals surface area contributed by atoms with E-state index in [0.717, 1.165) is 12.8 Å². The molecule has 1 fully saturated rings. The molecule has 2 nitrogen and oxygen atoms in total. The molecule has 2 heteroatoms. The average molecular weight is 205 g/mol. The van der Waals surface area contributed by atoms with Gasteiger partial charge in [-0.3, -0.25) is 0 Å². The summed E-state index contributed by atoms with van der Waals surface area (Å²) in [5.74, 6) is 0.420. The third kappa shape index (κ3) is 1.92. The Balaban J connectivity index is 2.17. The summed E-state index contributed by atoms with van der Waals surface area (Å²) in [5.41, 5.74) is 8.28. The van der Waals surface area contributed by atoms with Gasteiger partial charge in [0.1, 0.15) is 0 Å². The molecule has 1 aromatic carbocycles. The maximum atomic E-state index is 9.31. The van der Waals surface area contributed by atoms with Gasteiger partial charge in [-0.2, -0.15) is 0 Å². The van der Waals surface area contributed by atoms with Crippen LogP contribution in [0.15, 0.2) is 24.3 Å². The van der Waals surface area contributed by atoms with Gasteiger partial charge >= 0.3 is 0 Å². The number of hydrogen-bond donors (Lipinski definition) is 2. The van der Waals surface area contributed by atoms with E-state index in [1.54, 1.807) is 0 Å². The Morgan fingerprint density at radius 2 is 1.93 bits per heavy atom. The zero-order valence-corrected chi connectivity index (χ0v) is 9.24. The molecule has 1 aliphatic rings. The summed E-state index contributed by atoms with van der Waals surface area (Å²) in [5, 5.41) is 9.31. The van der Waals surface area contributed by atoms with Crippen molar-refractivity contribution in [3.63, 3.8) is 0 Å². The van der Waals surface area contributed by atoms with Gasteiger partial charge in [0.2, 0.25) is 0 Å². The maximum Gasteiger partial charge on any atom is 0.0527 e. The molecule has 1 saturated carbocycles. The predicted molar refractivity (Wildman–Crippen MR) is 61.9 cm³/mol. The van der Waals surface area contributed by atoms with Crippen LogP contribution in [0, 0.1) is 0 Å². The molecule has 0 saturated heterocycles. The smallest absolute Gasteiger partial charge is 0.0527 e. The Hall–Kier alpha value is -0.860. The first-order valence-corrected chi connectivity index (χ1v) is 5.63. The van der Waals surface area contributed by atoms with E-state index < -0.39 is 0 Å². The third-order valence-corrected chi connectivity index (χ3v) is 3.60. The summed E-state index contributed by atoms with van der Waals surface area (Å²) in [6.07, 6.45) is 2.24. The van der Waals surface area contributed by atoms with Crippen molar-refractivity contribution in [2.24, 2.45) is 5.73 Å². The number of rotatable bonds is 4. The van der Waals surface area contributed by atoms with Gasteiger partial charge < -0.3 is 10.8 Å². The number of benzene rings is 1. The first-order valence-electron chi connectivity index (χ1n) is 5.63. The molecular formula is C13H19NO. The molecule has 15 heavy (non-hydrogen) atoms. The monoisotopic (exact) mass is 205 g/mol. The zero-order valence-electron chi connectivity index (χ0n) is 9.24. The fourth-order valence-electron chi connectivity index (χ4n) is 1.99. The van der Waals surface area contributed by atoms with Crippen molar-refractivity contribution in [1.29, 1.82) is 0 Å². The second-order valence-electron chi connectivity index (χ2n) is 4.70. The van der Waals surface area contributed by atoms with Crippen LogP contribution in [0.3, 0.4) is 0 Å². The molecule has 3 N–H and O–H groups in total. The van der Waals surface area contributed by atoms with Gasteiger partial charge in [-0.15, -0.1) is 0 Å².